The van der Waals surface area contributed by atoms with Crippen molar-refractivity contribution < 1.29 is 0 Å². The van der Waals surface area contributed by atoms with Gasteiger partial charge in [0.25, 0.3) is 11.1 Å². The van der Waals surface area contributed by atoms with Crippen LogP contribution < -0.4 is 11.1 Å². The monoisotopic (exact) mass is 256 g/mol. The third kappa shape index (κ3) is 1.77. The highest BCUT2D eigenvalue weighted by Crippen LogP contribution is 2.16. The minimum Gasteiger partial charge on any atom is -0.319 e. The fourth-order valence-electron chi connectivity index (χ4n) is 2.01. The number of aryl methyl sites for hydroxylation is 2. The Hall–Kier alpha value is -2.63. The number of nitrogens with one attached hydrogen (secondary N) is 3. The molecule has 0 unspecified atom stereocenters. The molecule has 3 rings (SSSR count). The van der Waals surface area contributed by atoms with Gasteiger partial charge in [-0.25, -0.2) is 4.98 Å². The highest BCUT2D eigenvalue weighted by molar-refractivity contribution is 5.78. The van der Waals surface area contributed by atoms with Crippen molar-refractivity contribution >= 4 is 11.0 Å². The van der Waals surface area contributed by atoms with E-state index >= 15 is 0 Å². The molecule has 0 aliphatic heterocycles. The minimum absolute atomic E-state index is 0.123. The maximum atomic E-state index is 12.0. The number of aromatic amines is 3. The van der Waals surface area contributed by atoms with Gasteiger partial charge in [-0.1, -0.05) is 0 Å². The lowest BCUT2D eigenvalue weighted by atomic mass is 10.1. The molecule has 0 bridgehead atoms. The molecule has 0 radical (unpaired) electrons. The summed E-state index contributed by atoms with van der Waals surface area (Å²) in [7, 11) is 0. The quantitative estimate of drug-likeness (QED) is 0.611. The number of nitrogens with zero attached hydrogens (tertiary/aromatic N) is 1. The fourth-order valence-corrected chi connectivity index (χ4v) is 2.01. The largest absolute Gasteiger partial charge is 0.319 e. The van der Waals surface area contributed by atoms with Gasteiger partial charge >= 0.3 is 0 Å². The van der Waals surface area contributed by atoms with E-state index in [9.17, 15) is 9.59 Å². The summed E-state index contributed by atoms with van der Waals surface area (Å²) in [6.07, 6.45) is 1.44. The van der Waals surface area contributed by atoms with Gasteiger partial charge in [0.15, 0.2) is 0 Å². The average Bonchev–Trinajstić information content (AvgIpc) is 2.77. The molecule has 0 saturated carbocycles. The minimum atomic E-state index is -0.374. The first-order valence-corrected chi connectivity index (χ1v) is 5.84. The molecule has 1 aromatic carbocycles. The zero-order valence-corrected chi connectivity index (χ0v) is 10.5. The van der Waals surface area contributed by atoms with E-state index in [4.69, 9.17) is 0 Å². The van der Waals surface area contributed by atoms with Gasteiger partial charge in [-0.05, 0) is 37.1 Å². The number of benzene rings is 1. The van der Waals surface area contributed by atoms with Gasteiger partial charge in [0.1, 0.15) is 5.69 Å². The van der Waals surface area contributed by atoms with E-state index < -0.39 is 0 Å². The van der Waals surface area contributed by atoms with Gasteiger partial charge in [0, 0.05) is 6.20 Å². The predicted molar refractivity (Wildman–Crippen MR) is 72.2 cm³/mol. The van der Waals surface area contributed by atoms with Crippen molar-refractivity contribution in [3.8, 4) is 11.3 Å². The SMILES string of the molecule is Cc1cc2nc(-c3c[nH][nH]c3=O)c(=O)[nH]c2cc1C. The summed E-state index contributed by atoms with van der Waals surface area (Å²) in [5.41, 5.74) is 3.13. The van der Waals surface area contributed by atoms with Crippen LogP contribution in [-0.4, -0.2) is 20.2 Å². The van der Waals surface area contributed by atoms with E-state index in [1.54, 1.807) is 0 Å². The lowest BCUT2D eigenvalue weighted by molar-refractivity contribution is 1.06. The Morgan fingerprint density at radius 2 is 1.79 bits per heavy atom. The molecular weight excluding hydrogens is 244 g/mol. The first-order valence-electron chi connectivity index (χ1n) is 5.84. The van der Waals surface area contributed by atoms with E-state index in [0.717, 1.165) is 11.1 Å². The summed E-state index contributed by atoms with van der Waals surface area (Å²) in [6, 6.07) is 3.77. The molecular formula is C13H12N4O2. The molecule has 0 saturated heterocycles. The molecule has 2 aromatic heterocycles. The smallest absolute Gasteiger partial charge is 0.275 e. The second kappa shape index (κ2) is 3.94. The number of fused-ring (bicyclic) bond motifs is 1. The van der Waals surface area contributed by atoms with Crippen LogP contribution in [0.1, 0.15) is 11.1 Å². The summed E-state index contributed by atoms with van der Waals surface area (Å²) in [5, 5.41) is 4.95. The van der Waals surface area contributed by atoms with Crippen molar-refractivity contribution in [2.75, 3.05) is 0 Å². The Bertz CT molecular complexity index is 886. The van der Waals surface area contributed by atoms with Crippen molar-refractivity contribution in [1.29, 1.82) is 0 Å². The lowest BCUT2D eigenvalue weighted by Gasteiger charge is -2.04. The molecule has 19 heavy (non-hydrogen) atoms. The Labute approximate surface area is 107 Å². The van der Waals surface area contributed by atoms with Gasteiger partial charge < -0.3 is 10.1 Å². The first-order chi connectivity index (χ1) is 9.06. The van der Waals surface area contributed by atoms with Crippen molar-refractivity contribution in [1.82, 2.24) is 20.2 Å². The molecule has 6 nitrogen and oxygen atoms in total. The maximum Gasteiger partial charge on any atom is 0.275 e. The second-order valence-electron chi connectivity index (χ2n) is 4.52. The summed E-state index contributed by atoms with van der Waals surface area (Å²) < 4.78 is 0. The molecule has 0 fully saturated rings. The number of hydrogen-bond donors (Lipinski definition) is 3. The van der Waals surface area contributed by atoms with Gasteiger partial charge in [0.05, 0.1) is 16.6 Å². The Balaban J connectivity index is 2.37. The third-order valence-corrected chi connectivity index (χ3v) is 3.21. The van der Waals surface area contributed by atoms with Crippen LogP contribution in [0.5, 0.6) is 0 Å². The summed E-state index contributed by atoms with van der Waals surface area (Å²) in [4.78, 5) is 30.6. The van der Waals surface area contributed by atoms with Gasteiger partial charge in [-0.15, -0.1) is 0 Å². The van der Waals surface area contributed by atoms with E-state index in [2.05, 4.69) is 20.2 Å². The standard InChI is InChI=1S/C13H12N4O2/c1-6-3-9-10(4-7(6)2)16-13(19)11(15-9)8-5-14-17-12(8)18/h3-5H,1-2H3,(H,16,19)(H2,14,17,18). The number of aromatic nitrogens is 4. The van der Waals surface area contributed by atoms with Crippen LogP contribution in [0.3, 0.4) is 0 Å². The zero-order chi connectivity index (χ0) is 13.6. The molecule has 0 atom stereocenters. The van der Waals surface area contributed by atoms with Crippen molar-refractivity contribution in [3.05, 3.63) is 50.2 Å². The van der Waals surface area contributed by atoms with E-state index in [-0.39, 0.29) is 22.4 Å². The van der Waals surface area contributed by atoms with Crippen LogP contribution in [0.15, 0.2) is 27.9 Å². The molecule has 3 aromatic rings. The summed E-state index contributed by atoms with van der Waals surface area (Å²) in [6.45, 7) is 3.95. The normalized spacial score (nSPS) is 11.1. The Morgan fingerprint density at radius 3 is 2.47 bits per heavy atom. The number of rotatable bonds is 1. The highest BCUT2D eigenvalue weighted by atomic mass is 16.1. The molecule has 2 heterocycles. The van der Waals surface area contributed by atoms with Crippen molar-refractivity contribution in [2.24, 2.45) is 0 Å². The summed E-state index contributed by atoms with van der Waals surface area (Å²) >= 11 is 0. The molecule has 0 aliphatic rings. The van der Waals surface area contributed by atoms with Crippen molar-refractivity contribution in [2.45, 2.75) is 13.8 Å². The molecule has 0 spiro atoms. The third-order valence-electron chi connectivity index (χ3n) is 3.21. The van der Waals surface area contributed by atoms with Gasteiger partial charge in [-0.3, -0.25) is 14.7 Å². The van der Waals surface area contributed by atoms with Crippen LogP contribution in [0, 0.1) is 13.8 Å². The molecule has 6 heteroatoms. The van der Waals surface area contributed by atoms with Gasteiger partial charge in [-0.2, -0.15) is 0 Å². The van der Waals surface area contributed by atoms with E-state index in [1.165, 1.54) is 6.20 Å². The Kier molecular flexibility index (Phi) is 2.38. The van der Waals surface area contributed by atoms with E-state index in [0.29, 0.717) is 11.0 Å². The first kappa shape index (κ1) is 11.5. The fraction of sp³-hybridized carbons (Fsp3) is 0.154. The molecule has 0 amide bonds. The zero-order valence-electron chi connectivity index (χ0n) is 10.5. The summed E-state index contributed by atoms with van der Waals surface area (Å²) in [5.74, 6) is 0. The van der Waals surface area contributed by atoms with Crippen LogP contribution >= 0.6 is 0 Å². The van der Waals surface area contributed by atoms with Gasteiger partial charge in [0.2, 0.25) is 0 Å². The van der Waals surface area contributed by atoms with Crippen molar-refractivity contribution in [3.63, 3.8) is 0 Å². The number of hydrogen-bond acceptors (Lipinski definition) is 3. The maximum absolute atomic E-state index is 12.0. The average molecular weight is 256 g/mol. The van der Waals surface area contributed by atoms with Crippen LogP contribution in [-0.2, 0) is 0 Å². The van der Waals surface area contributed by atoms with Crippen LogP contribution in [0.2, 0.25) is 0 Å². The highest BCUT2D eigenvalue weighted by Gasteiger charge is 2.12. The second-order valence-corrected chi connectivity index (χ2v) is 4.52. The van der Waals surface area contributed by atoms with Crippen LogP contribution in [0.25, 0.3) is 22.3 Å². The number of H-pyrrole nitrogens is 3. The molecule has 0 aliphatic carbocycles. The predicted octanol–water partition coefficient (Wildman–Crippen LogP) is 1.22. The van der Waals surface area contributed by atoms with Crippen LogP contribution in [0.4, 0.5) is 0 Å². The Morgan fingerprint density at radius 1 is 1.05 bits per heavy atom. The topological polar surface area (TPSA) is 94.4 Å². The lowest BCUT2D eigenvalue weighted by Crippen LogP contribution is -2.15. The molecule has 3 N–H and O–H groups in total. The molecule has 96 valence electrons. The van der Waals surface area contributed by atoms with E-state index in [1.807, 2.05) is 26.0 Å².